The molecule has 1 fully saturated rings. The van der Waals surface area contributed by atoms with E-state index in [4.69, 9.17) is 0 Å². The Morgan fingerprint density at radius 1 is 1.19 bits per heavy atom. The zero-order valence-electron chi connectivity index (χ0n) is 11.8. The molecule has 4 atom stereocenters. The third kappa shape index (κ3) is 4.08. The molecule has 0 aromatic carbocycles. The van der Waals surface area contributed by atoms with Gasteiger partial charge < -0.3 is 5.32 Å². The molecule has 0 heterocycles. The van der Waals surface area contributed by atoms with Gasteiger partial charge in [-0.25, -0.2) is 0 Å². The molecule has 0 saturated heterocycles. The third-order valence-electron chi connectivity index (χ3n) is 4.69. The Bertz CT molecular complexity index is 176. The van der Waals surface area contributed by atoms with E-state index in [1.165, 1.54) is 45.1 Å². The molecule has 1 aliphatic carbocycles. The van der Waals surface area contributed by atoms with Gasteiger partial charge in [0.15, 0.2) is 0 Å². The number of rotatable bonds is 6. The van der Waals surface area contributed by atoms with E-state index >= 15 is 0 Å². The zero-order valence-corrected chi connectivity index (χ0v) is 11.8. The van der Waals surface area contributed by atoms with Crippen molar-refractivity contribution in [3.8, 4) is 0 Å². The van der Waals surface area contributed by atoms with E-state index in [-0.39, 0.29) is 0 Å². The molecule has 1 nitrogen and oxygen atoms in total. The maximum Gasteiger partial charge on any atom is -0.00209 e. The predicted octanol–water partition coefficient (Wildman–Crippen LogP) is 4.08. The van der Waals surface area contributed by atoms with Crippen molar-refractivity contribution >= 4 is 0 Å². The highest BCUT2D eigenvalue weighted by Gasteiger charge is 2.29. The molecule has 0 aromatic rings. The molecular weight excluding hydrogens is 194 g/mol. The largest absolute Gasteiger partial charge is 0.319 e. The van der Waals surface area contributed by atoms with Crippen molar-refractivity contribution in [2.45, 2.75) is 59.3 Å². The first-order chi connectivity index (χ1) is 7.71. The second-order valence-corrected chi connectivity index (χ2v) is 5.91. The van der Waals surface area contributed by atoms with Crippen LogP contribution in [0, 0.1) is 23.7 Å². The second kappa shape index (κ2) is 7.32. The summed E-state index contributed by atoms with van der Waals surface area (Å²) in [4.78, 5) is 0. The Morgan fingerprint density at radius 3 is 2.50 bits per heavy atom. The first kappa shape index (κ1) is 14.0. The Hall–Kier alpha value is -0.0400. The van der Waals surface area contributed by atoms with Gasteiger partial charge in [0.05, 0.1) is 0 Å². The summed E-state index contributed by atoms with van der Waals surface area (Å²) in [6.07, 6.45) is 8.62. The Balaban J connectivity index is 2.49. The standard InChI is InChI=1S/C15H31N/c1-5-12(3)9-15-10-13(6-2)7-8-14(15)11-16-4/h12-16H,5-11H2,1-4H3. The molecule has 0 bridgehead atoms. The van der Waals surface area contributed by atoms with Crippen LogP contribution in [0.1, 0.15) is 59.3 Å². The van der Waals surface area contributed by atoms with E-state index in [0.29, 0.717) is 0 Å². The Morgan fingerprint density at radius 2 is 1.94 bits per heavy atom. The molecule has 0 aromatic heterocycles. The number of hydrogen-bond acceptors (Lipinski definition) is 1. The minimum absolute atomic E-state index is 0.917. The lowest BCUT2D eigenvalue weighted by Crippen LogP contribution is -2.32. The SMILES string of the molecule is CCC(C)CC1CC(CC)CCC1CNC. The molecule has 0 radical (unpaired) electrons. The van der Waals surface area contributed by atoms with Crippen LogP contribution < -0.4 is 5.32 Å². The van der Waals surface area contributed by atoms with Crippen molar-refractivity contribution in [2.24, 2.45) is 23.7 Å². The molecular formula is C15H31N. The van der Waals surface area contributed by atoms with Crippen molar-refractivity contribution in [2.75, 3.05) is 13.6 Å². The summed E-state index contributed by atoms with van der Waals surface area (Å²) in [5.74, 6) is 3.87. The van der Waals surface area contributed by atoms with E-state index in [2.05, 4.69) is 33.1 Å². The van der Waals surface area contributed by atoms with Crippen LogP contribution in [0.25, 0.3) is 0 Å². The van der Waals surface area contributed by atoms with E-state index in [0.717, 1.165) is 23.7 Å². The maximum atomic E-state index is 3.39. The summed E-state index contributed by atoms with van der Waals surface area (Å²) >= 11 is 0. The summed E-state index contributed by atoms with van der Waals surface area (Å²) in [7, 11) is 2.10. The molecule has 96 valence electrons. The summed E-state index contributed by atoms with van der Waals surface area (Å²) in [6.45, 7) is 8.35. The van der Waals surface area contributed by atoms with E-state index in [1.807, 2.05) is 0 Å². The van der Waals surface area contributed by atoms with Gasteiger partial charge in [-0.05, 0) is 56.5 Å². The van der Waals surface area contributed by atoms with Crippen LogP contribution in [-0.2, 0) is 0 Å². The Labute approximate surface area is 102 Å². The van der Waals surface area contributed by atoms with Crippen LogP contribution in [0.3, 0.4) is 0 Å². The van der Waals surface area contributed by atoms with Gasteiger partial charge in [-0.15, -0.1) is 0 Å². The van der Waals surface area contributed by atoms with Crippen molar-refractivity contribution in [1.29, 1.82) is 0 Å². The van der Waals surface area contributed by atoms with E-state index in [9.17, 15) is 0 Å². The molecule has 16 heavy (non-hydrogen) atoms. The van der Waals surface area contributed by atoms with Crippen molar-refractivity contribution in [1.82, 2.24) is 5.32 Å². The van der Waals surface area contributed by atoms with Crippen LogP contribution in [0.4, 0.5) is 0 Å². The van der Waals surface area contributed by atoms with Crippen LogP contribution in [-0.4, -0.2) is 13.6 Å². The molecule has 1 rings (SSSR count). The lowest BCUT2D eigenvalue weighted by Gasteiger charge is -2.37. The predicted molar refractivity (Wildman–Crippen MR) is 72.6 cm³/mol. The van der Waals surface area contributed by atoms with Crippen LogP contribution in [0.15, 0.2) is 0 Å². The average Bonchev–Trinajstić information content (AvgIpc) is 2.31. The highest BCUT2D eigenvalue weighted by Crippen LogP contribution is 2.38. The van der Waals surface area contributed by atoms with Gasteiger partial charge in [-0.1, -0.05) is 40.0 Å². The smallest absolute Gasteiger partial charge is 0.00209 e. The van der Waals surface area contributed by atoms with Gasteiger partial charge in [-0.2, -0.15) is 0 Å². The fourth-order valence-corrected chi connectivity index (χ4v) is 3.30. The van der Waals surface area contributed by atoms with Crippen LogP contribution >= 0.6 is 0 Å². The van der Waals surface area contributed by atoms with Gasteiger partial charge in [-0.3, -0.25) is 0 Å². The lowest BCUT2D eigenvalue weighted by atomic mass is 9.70. The second-order valence-electron chi connectivity index (χ2n) is 5.91. The molecule has 1 aliphatic rings. The molecule has 1 heteroatoms. The number of hydrogen-bond donors (Lipinski definition) is 1. The zero-order chi connectivity index (χ0) is 12.0. The average molecular weight is 225 g/mol. The highest BCUT2D eigenvalue weighted by atomic mass is 14.8. The quantitative estimate of drug-likeness (QED) is 0.718. The summed E-state index contributed by atoms with van der Waals surface area (Å²) in [5, 5.41) is 3.39. The molecule has 1 N–H and O–H groups in total. The summed E-state index contributed by atoms with van der Waals surface area (Å²) < 4.78 is 0. The van der Waals surface area contributed by atoms with Gasteiger partial charge in [0.1, 0.15) is 0 Å². The third-order valence-corrected chi connectivity index (χ3v) is 4.69. The van der Waals surface area contributed by atoms with Crippen LogP contribution in [0.5, 0.6) is 0 Å². The number of nitrogens with one attached hydrogen (secondary N) is 1. The summed E-state index contributed by atoms with van der Waals surface area (Å²) in [6, 6.07) is 0. The minimum atomic E-state index is 0.917. The van der Waals surface area contributed by atoms with Gasteiger partial charge in [0.2, 0.25) is 0 Å². The van der Waals surface area contributed by atoms with Gasteiger partial charge >= 0.3 is 0 Å². The first-order valence-electron chi connectivity index (χ1n) is 7.35. The fourth-order valence-electron chi connectivity index (χ4n) is 3.30. The summed E-state index contributed by atoms with van der Waals surface area (Å²) in [5.41, 5.74) is 0. The highest BCUT2D eigenvalue weighted by molar-refractivity contribution is 4.81. The van der Waals surface area contributed by atoms with Crippen molar-refractivity contribution in [3.05, 3.63) is 0 Å². The van der Waals surface area contributed by atoms with Crippen molar-refractivity contribution in [3.63, 3.8) is 0 Å². The molecule has 0 amide bonds. The molecule has 4 unspecified atom stereocenters. The monoisotopic (exact) mass is 225 g/mol. The molecule has 0 spiro atoms. The maximum absolute atomic E-state index is 3.39. The molecule has 0 aliphatic heterocycles. The van der Waals surface area contributed by atoms with E-state index in [1.54, 1.807) is 0 Å². The topological polar surface area (TPSA) is 12.0 Å². The fraction of sp³-hybridized carbons (Fsp3) is 1.00. The minimum Gasteiger partial charge on any atom is -0.319 e. The first-order valence-corrected chi connectivity index (χ1v) is 7.35. The normalized spacial score (nSPS) is 32.6. The Kier molecular flexibility index (Phi) is 6.41. The molecule has 1 saturated carbocycles. The van der Waals surface area contributed by atoms with Gasteiger partial charge in [0, 0.05) is 0 Å². The van der Waals surface area contributed by atoms with E-state index < -0.39 is 0 Å². The van der Waals surface area contributed by atoms with Crippen LogP contribution in [0.2, 0.25) is 0 Å². The van der Waals surface area contributed by atoms with Crippen molar-refractivity contribution < 1.29 is 0 Å². The lowest BCUT2D eigenvalue weighted by molar-refractivity contribution is 0.148. The van der Waals surface area contributed by atoms with Gasteiger partial charge in [0.25, 0.3) is 0 Å².